The summed E-state index contributed by atoms with van der Waals surface area (Å²) in [6, 6.07) is 0. The molecule has 2 atom stereocenters. The standard InChI is InChI=1S/C11H13NO5/c1-6-4-9(13)12(10(6)14)5-7-2-3-8(17-7)11(15)16/h4,7-8H,2-3,5H2,1H3,(H,15,16). The smallest absolute Gasteiger partial charge is 0.332 e. The summed E-state index contributed by atoms with van der Waals surface area (Å²) in [6.45, 7) is 1.71. The zero-order chi connectivity index (χ0) is 12.6. The van der Waals surface area contributed by atoms with Gasteiger partial charge in [0.25, 0.3) is 11.8 Å². The van der Waals surface area contributed by atoms with E-state index in [9.17, 15) is 14.4 Å². The van der Waals surface area contributed by atoms with Crippen LogP contribution in [0.2, 0.25) is 0 Å². The molecule has 0 aliphatic carbocycles. The fourth-order valence-corrected chi connectivity index (χ4v) is 2.04. The Hall–Kier alpha value is -1.69. The number of ether oxygens (including phenoxy) is 1. The number of carbonyl (C=O) groups excluding carboxylic acids is 2. The second kappa shape index (κ2) is 4.29. The molecule has 0 radical (unpaired) electrons. The van der Waals surface area contributed by atoms with Gasteiger partial charge >= 0.3 is 5.97 Å². The molecule has 2 aliphatic rings. The number of amides is 2. The molecule has 6 nitrogen and oxygen atoms in total. The van der Waals surface area contributed by atoms with Gasteiger partial charge in [0.2, 0.25) is 0 Å². The zero-order valence-corrected chi connectivity index (χ0v) is 9.38. The molecule has 1 fully saturated rings. The van der Waals surface area contributed by atoms with Crippen molar-refractivity contribution in [3.8, 4) is 0 Å². The number of hydrogen-bond donors (Lipinski definition) is 1. The van der Waals surface area contributed by atoms with Crippen LogP contribution in [0.25, 0.3) is 0 Å². The number of hydrogen-bond acceptors (Lipinski definition) is 4. The molecule has 2 heterocycles. The highest BCUT2D eigenvalue weighted by atomic mass is 16.5. The van der Waals surface area contributed by atoms with Crippen LogP contribution in [0.3, 0.4) is 0 Å². The third-order valence-electron chi connectivity index (χ3n) is 2.96. The molecular formula is C11H13NO5. The predicted octanol–water partition coefficient (Wildman–Crippen LogP) is -0.0663. The van der Waals surface area contributed by atoms with Crippen LogP contribution in [0.5, 0.6) is 0 Å². The van der Waals surface area contributed by atoms with Crippen molar-refractivity contribution in [2.24, 2.45) is 0 Å². The number of aliphatic carboxylic acids is 1. The quantitative estimate of drug-likeness (QED) is 0.697. The number of nitrogens with zero attached hydrogens (tertiary/aromatic N) is 1. The van der Waals surface area contributed by atoms with Gasteiger partial charge in [-0.05, 0) is 19.8 Å². The van der Waals surface area contributed by atoms with Crippen molar-refractivity contribution in [2.45, 2.75) is 32.0 Å². The molecule has 1 saturated heterocycles. The van der Waals surface area contributed by atoms with E-state index in [4.69, 9.17) is 9.84 Å². The molecule has 92 valence electrons. The zero-order valence-electron chi connectivity index (χ0n) is 9.38. The molecular weight excluding hydrogens is 226 g/mol. The lowest BCUT2D eigenvalue weighted by Gasteiger charge is -2.19. The van der Waals surface area contributed by atoms with Crippen molar-refractivity contribution in [3.63, 3.8) is 0 Å². The Morgan fingerprint density at radius 2 is 2.24 bits per heavy atom. The maximum Gasteiger partial charge on any atom is 0.332 e. The van der Waals surface area contributed by atoms with E-state index in [-0.39, 0.29) is 24.5 Å². The van der Waals surface area contributed by atoms with E-state index in [2.05, 4.69) is 0 Å². The summed E-state index contributed by atoms with van der Waals surface area (Å²) >= 11 is 0. The van der Waals surface area contributed by atoms with Gasteiger partial charge in [-0.15, -0.1) is 0 Å². The molecule has 0 saturated carbocycles. The maximum absolute atomic E-state index is 11.6. The molecule has 6 heteroatoms. The Bertz CT molecular complexity index is 414. The molecule has 0 bridgehead atoms. The van der Waals surface area contributed by atoms with Crippen LogP contribution in [0.4, 0.5) is 0 Å². The monoisotopic (exact) mass is 239 g/mol. The lowest BCUT2D eigenvalue weighted by atomic mass is 10.2. The third-order valence-corrected chi connectivity index (χ3v) is 2.96. The fourth-order valence-electron chi connectivity index (χ4n) is 2.04. The topological polar surface area (TPSA) is 83.9 Å². The molecule has 0 aromatic carbocycles. The Morgan fingerprint density at radius 1 is 1.53 bits per heavy atom. The van der Waals surface area contributed by atoms with Gasteiger partial charge in [0.1, 0.15) is 0 Å². The summed E-state index contributed by atoms with van der Waals surface area (Å²) in [6.07, 6.45) is 1.06. The molecule has 2 unspecified atom stereocenters. The predicted molar refractivity (Wildman–Crippen MR) is 56.0 cm³/mol. The SMILES string of the molecule is CC1=CC(=O)N(CC2CCC(C(=O)O)O2)C1=O. The van der Waals surface area contributed by atoms with Crippen LogP contribution in [0, 0.1) is 0 Å². The van der Waals surface area contributed by atoms with E-state index >= 15 is 0 Å². The van der Waals surface area contributed by atoms with E-state index in [1.165, 1.54) is 6.08 Å². The molecule has 2 amide bonds. The second-order valence-corrected chi connectivity index (χ2v) is 4.24. The fraction of sp³-hybridized carbons (Fsp3) is 0.545. The Labute approximate surface area is 97.8 Å². The summed E-state index contributed by atoms with van der Waals surface area (Å²) in [5, 5.41) is 8.76. The number of carboxylic acid groups (broad SMARTS) is 1. The molecule has 2 rings (SSSR count). The molecule has 1 N–H and O–H groups in total. The number of carbonyl (C=O) groups is 3. The van der Waals surface area contributed by atoms with Crippen LogP contribution >= 0.6 is 0 Å². The van der Waals surface area contributed by atoms with E-state index in [1.807, 2.05) is 0 Å². The van der Waals surface area contributed by atoms with Gasteiger partial charge < -0.3 is 9.84 Å². The molecule has 0 spiro atoms. The first-order valence-corrected chi connectivity index (χ1v) is 5.41. The van der Waals surface area contributed by atoms with Crippen molar-refractivity contribution < 1.29 is 24.2 Å². The summed E-state index contributed by atoms with van der Waals surface area (Å²) in [5.74, 6) is -1.67. The van der Waals surface area contributed by atoms with Crippen LogP contribution in [0.15, 0.2) is 11.6 Å². The van der Waals surface area contributed by atoms with Crippen molar-refractivity contribution in [2.75, 3.05) is 6.54 Å². The number of rotatable bonds is 3. The van der Waals surface area contributed by atoms with E-state index in [0.29, 0.717) is 18.4 Å². The van der Waals surface area contributed by atoms with Crippen LogP contribution in [-0.4, -0.2) is 46.5 Å². The highest BCUT2D eigenvalue weighted by Gasteiger charge is 2.36. The Balaban J connectivity index is 1.94. The van der Waals surface area contributed by atoms with Crippen LogP contribution in [-0.2, 0) is 19.1 Å². The van der Waals surface area contributed by atoms with Crippen molar-refractivity contribution >= 4 is 17.8 Å². The van der Waals surface area contributed by atoms with Gasteiger partial charge in [-0.25, -0.2) is 4.79 Å². The van der Waals surface area contributed by atoms with Gasteiger partial charge in [0.15, 0.2) is 6.10 Å². The highest BCUT2D eigenvalue weighted by Crippen LogP contribution is 2.22. The lowest BCUT2D eigenvalue weighted by Crippen LogP contribution is -2.38. The second-order valence-electron chi connectivity index (χ2n) is 4.24. The molecule has 2 aliphatic heterocycles. The third kappa shape index (κ3) is 2.21. The van der Waals surface area contributed by atoms with Crippen molar-refractivity contribution in [3.05, 3.63) is 11.6 Å². The first-order chi connectivity index (χ1) is 7.99. The first-order valence-electron chi connectivity index (χ1n) is 5.41. The first kappa shape index (κ1) is 11.8. The van der Waals surface area contributed by atoms with E-state index < -0.39 is 12.1 Å². The number of carboxylic acids is 1. The van der Waals surface area contributed by atoms with Crippen LogP contribution < -0.4 is 0 Å². The summed E-state index contributed by atoms with van der Waals surface area (Å²) in [4.78, 5) is 34.8. The minimum atomic E-state index is -0.999. The normalized spacial score (nSPS) is 28.8. The largest absolute Gasteiger partial charge is 0.479 e. The average molecular weight is 239 g/mol. The summed E-state index contributed by atoms with van der Waals surface area (Å²) in [5.41, 5.74) is 0.405. The van der Waals surface area contributed by atoms with Crippen molar-refractivity contribution in [1.29, 1.82) is 0 Å². The van der Waals surface area contributed by atoms with Gasteiger partial charge in [-0.2, -0.15) is 0 Å². The van der Waals surface area contributed by atoms with Gasteiger partial charge in [0.05, 0.1) is 12.6 Å². The minimum absolute atomic E-state index is 0.134. The van der Waals surface area contributed by atoms with E-state index in [0.717, 1.165) is 4.90 Å². The molecule has 0 aromatic heterocycles. The van der Waals surface area contributed by atoms with Crippen molar-refractivity contribution in [1.82, 2.24) is 4.90 Å². The summed E-state index contributed by atoms with van der Waals surface area (Å²) in [7, 11) is 0. The van der Waals surface area contributed by atoms with Crippen LogP contribution in [0.1, 0.15) is 19.8 Å². The number of imide groups is 1. The van der Waals surface area contributed by atoms with Gasteiger partial charge in [-0.1, -0.05) is 0 Å². The average Bonchev–Trinajstić information content (AvgIpc) is 2.80. The Morgan fingerprint density at radius 3 is 2.71 bits per heavy atom. The highest BCUT2D eigenvalue weighted by molar-refractivity contribution is 6.15. The van der Waals surface area contributed by atoms with E-state index in [1.54, 1.807) is 6.92 Å². The Kier molecular flexibility index (Phi) is 2.97. The maximum atomic E-state index is 11.6. The molecule has 0 aromatic rings. The lowest BCUT2D eigenvalue weighted by molar-refractivity contribution is -0.150. The minimum Gasteiger partial charge on any atom is -0.479 e. The van der Waals surface area contributed by atoms with Gasteiger partial charge in [-0.3, -0.25) is 14.5 Å². The summed E-state index contributed by atoms with van der Waals surface area (Å²) < 4.78 is 5.25. The van der Waals surface area contributed by atoms with Gasteiger partial charge in [0, 0.05) is 11.6 Å². The molecule has 17 heavy (non-hydrogen) atoms.